The van der Waals surface area contributed by atoms with Crippen molar-refractivity contribution in [2.45, 2.75) is 13.0 Å². The zero-order valence-electron chi connectivity index (χ0n) is 14.4. The summed E-state index contributed by atoms with van der Waals surface area (Å²) in [6.07, 6.45) is 5.68. The SMILES string of the molecule is CN(CCCP(C)(C)=O)c1cccc(COC(=O)n2ccnc2)c1. The Morgan fingerprint density at radius 2 is 2.17 bits per heavy atom. The zero-order valence-corrected chi connectivity index (χ0v) is 15.3. The van der Waals surface area contributed by atoms with Crippen molar-refractivity contribution >= 4 is 18.9 Å². The summed E-state index contributed by atoms with van der Waals surface area (Å²) in [6, 6.07) is 7.87. The quantitative estimate of drug-likeness (QED) is 0.716. The lowest BCUT2D eigenvalue weighted by atomic mass is 10.2. The molecule has 1 aromatic carbocycles. The van der Waals surface area contributed by atoms with Crippen LogP contribution in [-0.2, 0) is 15.9 Å². The van der Waals surface area contributed by atoms with Crippen LogP contribution in [0.4, 0.5) is 10.5 Å². The molecule has 1 heterocycles. The number of hydrogen-bond donors (Lipinski definition) is 0. The van der Waals surface area contributed by atoms with Crippen LogP contribution < -0.4 is 4.90 Å². The number of imidazole rings is 1. The minimum atomic E-state index is -1.96. The summed E-state index contributed by atoms with van der Waals surface area (Å²) in [4.78, 5) is 17.7. The van der Waals surface area contributed by atoms with E-state index in [2.05, 4.69) is 9.88 Å². The van der Waals surface area contributed by atoms with E-state index in [1.165, 1.54) is 17.1 Å². The van der Waals surface area contributed by atoms with Crippen molar-refractivity contribution in [3.8, 4) is 0 Å². The summed E-state index contributed by atoms with van der Waals surface area (Å²) >= 11 is 0. The minimum absolute atomic E-state index is 0.206. The first kappa shape index (κ1) is 18.3. The van der Waals surface area contributed by atoms with Gasteiger partial charge in [-0.25, -0.2) is 14.3 Å². The Bertz CT molecular complexity index is 710. The highest BCUT2D eigenvalue weighted by molar-refractivity contribution is 7.62. The summed E-state index contributed by atoms with van der Waals surface area (Å²) in [6.45, 7) is 4.69. The van der Waals surface area contributed by atoms with Gasteiger partial charge >= 0.3 is 6.09 Å². The molecule has 7 heteroatoms. The van der Waals surface area contributed by atoms with Gasteiger partial charge in [-0.05, 0) is 37.4 Å². The van der Waals surface area contributed by atoms with Crippen LogP contribution in [0.1, 0.15) is 12.0 Å². The molecular weight excluding hydrogens is 325 g/mol. The van der Waals surface area contributed by atoms with E-state index in [4.69, 9.17) is 4.74 Å². The van der Waals surface area contributed by atoms with Gasteiger partial charge in [0.2, 0.25) is 0 Å². The van der Waals surface area contributed by atoms with Gasteiger partial charge in [0.1, 0.15) is 12.9 Å². The van der Waals surface area contributed by atoms with E-state index in [1.807, 2.05) is 44.6 Å². The highest BCUT2D eigenvalue weighted by atomic mass is 31.2. The topological polar surface area (TPSA) is 64.4 Å². The normalized spacial score (nSPS) is 11.3. The Labute approximate surface area is 142 Å². The first-order chi connectivity index (χ1) is 11.3. The highest BCUT2D eigenvalue weighted by Crippen LogP contribution is 2.36. The molecule has 0 aliphatic carbocycles. The second-order valence-corrected chi connectivity index (χ2v) is 9.86. The second kappa shape index (κ2) is 8.15. The molecule has 1 aromatic heterocycles. The van der Waals surface area contributed by atoms with Gasteiger partial charge in [0.05, 0.1) is 7.14 Å². The third kappa shape index (κ3) is 5.85. The first-order valence-electron chi connectivity index (χ1n) is 7.84. The lowest BCUT2D eigenvalue weighted by Gasteiger charge is -2.20. The van der Waals surface area contributed by atoms with Gasteiger partial charge in [-0.3, -0.25) is 0 Å². The van der Waals surface area contributed by atoms with E-state index < -0.39 is 13.2 Å². The van der Waals surface area contributed by atoms with E-state index in [0.717, 1.165) is 30.4 Å². The molecule has 130 valence electrons. The van der Waals surface area contributed by atoms with Crippen molar-refractivity contribution in [2.24, 2.45) is 0 Å². The van der Waals surface area contributed by atoms with E-state index in [1.54, 1.807) is 6.20 Å². The van der Waals surface area contributed by atoms with Crippen LogP contribution in [0.3, 0.4) is 0 Å². The minimum Gasteiger partial charge on any atom is -0.444 e. The summed E-state index contributed by atoms with van der Waals surface area (Å²) in [5.74, 6) is 0. The molecule has 24 heavy (non-hydrogen) atoms. The number of carbonyl (C=O) groups excluding carboxylic acids is 1. The molecule has 2 aromatic rings. The molecule has 0 N–H and O–H groups in total. The number of nitrogens with zero attached hydrogens (tertiary/aromatic N) is 3. The van der Waals surface area contributed by atoms with Crippen molar-refractivity contribution in [3.05, 3.63) is 48.5 Å². The van der Waals surface area contributed by atoms with E-state index >= 15 is 0 Å². The van der Waals surface area contributed by atoms with Crippen molar-refractivity contribution in [2.75, 3.05) is 38.0 Å². The number of hydrogen-bond acceptors (Lipinski definition) is 5. The average Bonchev–Trinajstić information content (AvgIpc) is 3.06. The summed E-state index contributed by atoms with van der Waals surface area (Å²) in [7, 11) is 0.0465. The molecule has 0 radical (unpaired) electrons. The van der Waals surface area contributed by atoms with Crippen LogP contribution >= 0.6 is 7.14 Å². The molecule has 0 saturated heterocycles. The molecule has 0 atom stereocenters. The van der Waals surface area contributed by atoms with Gasteiger partial charge in [0, 0.05) is 37.8 Å². The van der Waals surface area contributed by atoms with Crippen LogP contribution in [0, 0.1) is 0 Å². The number of carbonyl (C=O) groups is 1. The molecule has 0 saturated carbocycles. The maximum Gasteiger partial charge on any atom is 0.419 e. The fourth-order valence-corrected chi connectivity index (χ4v) is 3.19. The second-order valence-electron chi connectivity index (χ2n) is 6.27. The smallest absolute Gasteiger partial charge is 0.419 e. The lowest BCUT2D eigenvalue weighted by molar-refractivity contribution is 0.141. The molecule has 0 aliphatic rings. The predicted octanol–water partition coefficient (Wildman–Crippen LogP) is 3.52. The van der Waals surface area contributed by atoms with Crippen LogP contribution in [0.25, 0.3) is 0 Å². The number of anilines is 1. The Hall–Kier alpha value is -2.07. The Kier molecular flexibility index (Phi) is 6.21. The number of benzene rings is 1. The first-order valence-corrected chi connectivity index (χ1v) is 10.6. The van der Waals surface area contributed by atoms with E-state index in [0.29, 0.717) is 0 Å². The standard InChI is InChI=1S/C17H24N3O3P/c1-19(9-5-11-24(2,3)22)16-7-4-6-15(12-16)13-23-17(21)20-10-8-18-14-20/h4,6-8,10,12,14H,5,9,11,13H2,1-3H3. The molecular formula is C17H24N3O3P. The monoisotopic (exact) mass is 349 g/mol. The molecule has 0 unspecified atom stereocenters. The van der Waals surface area contributed by atoms with Gasteiger partial charge in [0.25, 0.3) is 0 Å². The third-order valence-electron chi connectivity index (χ3n) is 3.62. The Balaban J connectivity index is 1.88. The van der Waals surface area contributed by atoms with Crippen LogP contribution in [-0.4, -0.2) is 48.7 Å². The van der Waals surface area contributed by atoms with Crippen molar-refractivity contribution < 1.29 is 14.1 Å². The Morgan fingerprint density at radius 1 is 1.38 bits per heavy atom. The summed E-state index contributed by atoms with van der Waals surface area (Å²) < 4.78 is 18.3. The molecule has 0 amide bonds. The molecule has 2 rings (SSSR count). The van der Waals surface area contributed by atoms with Gasteiger partial charge in [-0.15, -0.1) is 0 Å². The van der Waals surface area contributed by atoms with Crippen molar-refractivity contribution in [1.29, 1.82) is 0 Å². The lowest BCUT2D eigenvalue weighted by Crippen LogP contribution is -2.19. The molecule has 0 bridgehead atoms. The molecule has 6 nitrogen and oxygen atoms in total. The van der Waals surface area contributed by atoms with Crippen molar-refractivity contribution in [3.63, 3.8) is 0 Å². The fraction of sp³-hybridized carbons (Fsp3) is 0.412. The Morgan fingerprint density at radius 3 is 2.83 bits per heavy atom. The summed E-state index contributed by atoms with van der Waals surface area (Å²) in [5.41, 5.74) is 1.97. The van der Waals surface area contributed by atoms with Gasteiger partial charge in [-0.1, -0.05) is 12.1 Å². The average molecular weight is 349 g/mol. The highest BCUT2D eigenvalue weighted by Gasteiger charge is 2.09. The number of rotatable bonds is 7. The predicted molar refractivity (Wildman–Crippen MR) is 96.5 cm³/mol. The van der Waals surface area contributed by atoms with Crippen LogP contribution in [0.15, 0.2) is 43.0 Å². The largest absolute Gasteiger partial charge is 0.444 e. The molecule has 0 spiro atoms. The summed E-state index contributed by atoms with van der Waals surface area (Å²) in [5, 5.41) is 0. The molecule has 0 fully saturated rings. The third-order valence-corrected chi connectivity index (χ3v) is 5.01. The van der Waals surface area contributed by atoms with E-state index in [9.17, 15) is 9.36 Å². The van der Waals surface area contributed by atoms with Gasteiger partial charge < -0.3 is 14.2 Å². The molecule has 0 aliphatic heterocycles. The van der Waals surface area contributed by atoms with Crippen LogP contribution in [0.2, 0.25) is 0 Å². The number of aromatic nitrogens is 2. The van der Waals surface area contributed by atoms with Gasteiger partial charge in [0.15, 0.2) is 0 Å². The van der Waals surface area contributed by atoms with Crippen LogP contribution in [0.5, 0.6) is 0 Å². The zero-order chi connectivity index (χ0) is 17.6. The van der Waals surface area contributed by atoms with Crippen molar-refractivity contribution in [1.82, 2.24) is 9.55 Å². The maximum atomic E-state index is 11.8. The van der Waals surface area contributed by atoms with E-state index in [-0.39, 0.29) is 6.61 Å². The number of ether oxygens (including phenoxy) is 1. The van der Waals surface area contributed by atoms with Gasteiger partial charge in [-0.2, -0.15) is 0 Å². The maximum absolute atomic E-state index is 11.8. The fourth-order valence-electron chi connectivity index (χ4n) is 2.29.